The molecule has 0 radical (unpaired) electrons. The van der Waals surface area contributed by atoms with Crippen LogP contribution in [0.15, 0.2) is 0 Å². The van der Waals surface area contributed by atoms with E-state index in [4.69, 9.17) is 0 Å². The van der Waals surface area contributed by atoms with Gasteiger partial charge in [-0.05, 0) is 44.7 Å². The Hall–Kier alpha value is -0.610. The maximum Gasteiger partial charge on any atom is 0.236 e. The fourth-order valence-corrected chi connectivity index (χ4v) is 2.37. The first-order valence-electron chi connectivity index (χ1n) is 6.81. The summed E-state index contributed by atoms with van der Waals surface area (Å²) in [4.78, 5) is 11.8. The lowest BCUT2D eigenvalue weighted by Gasteiger charge is -2.25. The normalized spacial score (nSPS) is 23.2. The SMILES string of the molecule is CNC(=O)C(CC(C)C)NC1CCCNCC1. The lowest BCUT2D eigenvalue weighted by molar-refractivity contribution is -0.123. The van der Waals surface area contributed by atoms with Gasteiger partial charge in [-0.25, -0.2) is 0 Å². The van der Waals surface area contributed by atoms with E-state index >= 15 is 0 Å². The van der Waals surface area contributed by atoms with Gasteiger partial charge < -0.3 is 16.0 Å². The molecule has 0 saturated carbocycles. The fourth-order valence-electron chi connectivity index (χ4n) is 2.37. The topological polar surface area (TPSA) is 53.2 Å². The second-order valence-electron chi connectivity index (χ2n) is 5.34. The first-order chi connectivity index (χ1) is 8.13. The summed E-state index contributed by atoms with van der Waals surface area (Å²) >= 11 is 0. The van der Waals surface area contributed by atoms with Crippen LogP contribution < -0.4 is 16.0 Å². The first kappa shape index (κ1) is 14.5. The smallest absolute Gasteiger partial charge is 0.236 e. The van der Waals surface area contributed by atoms with Gasteiger partial charge in [0.15, 0.2) is 0 Å². The zero-order chi connectivity index (χ0) is 12.7. The van der Waals surface area contributed by atoms with Crippen LogP contribution in [0.5, 0.6) is 0 Å². The molecule has 1 fully saturated rings. The predicted octanol–water partition coefficient (Wildman–Crippen LogP) is 0.879. The molecule has 3 N–H and O–H groups in total. The van der Waals surface area contributed by atoms with Crippen molar-refractivity contribution in [2.24, 2.45) is 5.92 Å². The molecule has 0 aromatic carbocycles. The van der Waals surface area contributed by atoms with Crippen molar-refractivity contribution in [1.82, 2.24) is 16.0 Å². The molecule has 4 heteroatoms. The highest BCUT2D eigenvalue weighted by Crippen LogP contribution is 2.10. The fraction of sp³-hybridized carbons (Fsp3) is 0.923. The molecule has 0 aliphatic carbocycles. The first-order valence-corrected chi connectivity index (χ1v) is 6.81. The lowest BCUT2D eigenvalue weighted by atomic mass is 10.0. The molecule has 17 heavy (non-hydrogen) atoms. The van der Waals surface area contributed by atoms with Gasteiger partial charge in [-0.15, -0.1) is 0 Å². The van der Waals surface area contributed by atoms with Gasteiger partial charge in [0.1, 0.15) is 0 Å². The van der Waals surface area contributed by atoms with Crippen molar-refractivity contribution < 1.29 is 4.79 Å². The van der Waals surface area contributed by atoms with Crippen LogP contribution in [-0.4, -0.2) is 38.1 Å². The van der Waals surface area contributed by atoms with Gasteiger partial charge in [-0.2, -0.15) is 0 Å². The van der Waals surface area contributed by atoms with E-state index in [9.17, 15) is 4.79 Å². The highest BCUT2D eigenvalue weighted by Gasteiger charge is 2.22. The molecule has 100 valence electrons. The number of hydrogen-bond donors (Lipinski definition) is 3. The second-order valence-corrected chi connectivity index (χ2v) is 5.34. The quantitative estimate of drug-likeness (QED) is 0.670. The Morgan fingerprint density at radius 2 is 2.12 bits per heavy atom. The highest BCUT2D eigenvalue weighted by molar-refractivity contribution is 5.81. The number of hydrogen-bond acceptors (Lipinski definition) is 3. The van der Waals surface area contributed by atoms with Crippen LogP contribution >= 0.6 is 0 Å². The molecule has 0 aromatic heterocycles. The molecule has 0 spiro atoms. The average molecular weight is 241 g/mol. The maximum absolute atomic E-state index is 11.8. The average Bonchev–Trinajstić information content (AvgIpc) is 2.55. The number of rotatable bonds is 5. The number of amides is 1. The van der Waals surface area contributed by atoms with Crippen LogP contribution in [0.2, 0.25) is 0 Å². The zero-order valence-corrected chi connectivity index (χ0v) is 11.4. The van der Waals surface area contributed by atoms with Crippen LogP contribution in [0.4, 0.5) is 0 Å². The standard InChI is InChI=1S/C13H27N3O/c1-10(2)9-12(13(17)14-3)16-11-5-4-7-15-8-6-11/h10-12,15-16H,4-9H2,1-3H3,(H,14,17). The van der Waals surface area contributed by atoms with E-state index in [0.29, 0.717) is 12.0 Å². The molecule has 0 bridgehead atoms. The van der Waals surface area contributed by atoms with Crippen molar-refractivity contribution >= 4 is 5.91 Å². The van der Waals surface area contributed by atoms with Crippen molar-refractivity contribution in [3.63, 3.8) is 0 Å². The molecule has 1 heterocycles. The summed E-state index contributed by atoms with van der Waals surface area (Å²) in [6.45, 7) is 6.48. The Kier molecular flexibility index (Phi) is 6.52. The molecular formula is C13H27N3O. The summed E-state index contributed by atoms with van der Waals surface area (Å²) in [5.74, 6) is 0.657. The largest absolute Gasteiger partial charge is 0.358 e. The maximum atomic E-state index is 11.8. The highest BCUT2D eigenvalue weighted by atomic mass is 16.2. The van der Waals surface area contributed by atoms with Gasteiger partial charge >= 0.3 is 0 Å². The molecule has 2 atom stereocenters. The second kappa shape index (κ2) is 7.67. The third kappa shape index (κ3) is 5.50. The predicted molar refractivity (Wildman–Crippen MR) is 71.0 cm³/mol. The van der Waals surface area contributed by atoms with Gasteiger partial charge in [-0.3, -0.25) is 4.79 Å². The molecular weight excluding hydrogens is 214 g/mol. The van der Waals surface area contributed by atoms with Crippen LogP contribution in [0.1, 0.15) is 39.5 Å². The number of carbonyl (C=O) groups excluding carboxylic acids is 1. The van der Waals surface area contributed by atoms with Crippen molar-refractivity contribution in [2.45, 2.75) is 51.6 Å². The summed E-state index contributed by atoms with van der Waals surface area (Å²) in [6, 6.07) is 0.439. The van der Waals surface area contributed by atoms with E-state index in [1.807, 2.05) is 0 Å². The number of nitrogens with one attached hydrogen (secondary N) is 3. The summed E-state index contributed by atoms with van der Waals surface area (Å²) in [7, 11) is 1.71. The minimum absolute atomic E-state index is 0.0388. The van der Waals surface area contributed by atoms with E-state index < -0.39 is 0 Å². The van der Waals surface area contributed by atoms with E-state index in [1.165, 1.54) is 12.8 Å². The Morgan fingerprint density at radius 3 is 2.76 bits per heavy atom. The van der Waals surface area contributed by atoms with Gasteiger partial charge in [0.25, 0.3) is 0 Å². The van der Waals surface area contributed by atoms with Crippen LogP contribution in [0.3, 0.4) is 0 Å². The number of carbonyl (C=O) groups is 1. The van der Waals surface area contributed by atoms with Crippen LogP contribution in [0.25, 0.3) is 0 Å². The van der Waals surface area contributed by atoms with E-state index in [0.717, 1.165) is 25.9 Å². The Balaban J connectivity index is 2.48. The molecule has 4 nitrogen and oxygen atoms in total. The molecule has 1 amide bonds. The summed E-state index contributed by atoms with van der Waals surface area (Å²) in [5, 5.41) is 9.68. The Bertz CT molecular complexity index is 223. The molecule has 1 rings (SSSR count). The lowest BCUT2D eigenvalue weighted by Crippen LogP contribution is -2.48. The monoisotopic (exact) mass is 241 g/mol. The van der Waals surface area contributed by atoms with E-state index in [2.05, 4.69) is 29.8 Å². The van der Waals surface area contributed by atoms with E-state index in [1.54, 1.807) is 7.05 Å². The molecule has 1 aliphatic rings. The van der Waals surface area contributed by atoms with Gasteiger partial charge in [0.2, 0.25) is 5.91 Å². The van der Waals surface area contributed by atoms with Gasteiger partial charge in [-0.1, -0.05) is 13.8 Å². The molecule has 1 saturated heterocycles. The Morgan fingerprint density at radius 1 is 1.35 bits per heavy atom. The van der Waals surface area contributed by atoms with Crippen LogP contribution in [-0.2, 0) is 4.79 Å². The minimum atomic E-state index is -0.0388. The summed E-state index contributed by atoms with van der Waals surface area (Å²) in [5.41, 5.74) is 0. The third-order valence-electron chi connectivity index (χ3n) is 3.28. The molecule has 1 aliphatic heterocycles. The van der Waals surface area contributed by atoms with Crippen molar-refractivity contribution in [1.29, 1.82) is 0 Å². The van der Waals surface area contributed by atoms with Crippen molar-refractivity contribution in [3.05, 3.63) is 0 Å². The molecule has 0 aromatic rings. The summed E-state index contributed by atoms with van der Waals surface area (Å²) in [6.07, 6.45) is 4.38. The van der Waals surface area contributed by atoms with Gasteiger partial charge in [0.05, 0.1) is 6.04 Å². The zero-order valence-electron chi connectivity index (χ0n) is 11.4. The van der Waals surface area contributed by atoms with Gasteiger partial charge in [0, 0.05) is 13.1 Å². The Labute approximate surface area is 105 Å². The van der Waals surface area contributed by atoms with Crippen molar-refractivity contribution in [2.75, 3.05) is 20.1 Å². The van der Waals surface area contributed by atoms with Crippen LogP contribution in [0, 0.1) is 5.92 Å². The van der Waals surface area contributed by atoms with Crippen molar-refractivity contribution in [3.8, 4) is 0 Å². The van der Waals surface area contributed by atoms with E-state index in [-0.39, 0.29) is 11.9 Å². The third-order valence-corrected chi connectivity index (χ3v) is 3.28. The number of likely N-dealkylation sites (N-methyl/N-ethyl adjacent to an activating group) is 1. The minimum Gasteiger partial charge on any atom is -0.358 e. The summed E-state index contributed by atoms with van der Waals surface area (Å²) < 4.78 is 0. The molecule has 2 unspecified atom stereocenters.